The Kier molecular flexibility index (Phi) is 2.33. The van der Waals surface area contributed by atoms with Crippen molar-refractivity contribution in [3.05, 3.63) is 36.2 Å². The average molecular weight is 246 g/mol. The number of aliphatic carboxylic acids is 1. The van der Waals surface area contributed by atoms with E-state index in [1.165, 1.54) is 4.70 Å². The Balaban J connectivity index is 2.04. The summed E-state index contributed by atoms with van der Waals surface area (Å²) in [5.41, 5.74) is 1.96. The van der Waals surface area contributed by atoms with Gasteiger partial charge in [0.05, 0.1) is 22.3 Å². The molecule has 3 rings (SSSR count). The van der Waals surface area contributed by atoms with Crippen LogP contribution in [0.1, 0.15) is 12.1 Å². The molecule has 0 aliphatic carbocycles. The molecule has 1 N–H and O–H groups in total. The number of aryl methyl sites for hydroxylation is 1. The predicted octanol–water partition coefficient (Wildman–Crippen LogP) is 2.57. The van der Waals surface area contributed by atoms with E-state index in [1.807, 2.05) is 28.8 Å². The maximum Gasteiger partial charge on any atom is 0.303 e. The van der Waals surface area contributed by atoms with Gasteiger partial charge in [0.1, 0.15) is 0 Å². The molecule has 1 aromatic carbocycles. The Hall–Kier alpha value is -1.88. The maximum absolute atomic E-state index is 10.5. The van der Waals surface area contributed by atoms with Crippen LogP contribution < -0.4 is 0 Å². The molecule has 0 aliphatic rings. The van der Waals surface area contributed by atoms with Crippen LogP contribution in [0.5, 0.6) is 0 Å². The molecule has 0 aliphatic heterocycles. The zero-order valence-electron chi connectivity index (χ0n) is 8.96. The molecule has 2 heterocycles. The molecule has 4 nitrogen and oxygen atoms in total. The number of fused-ring (bicyclic) bond motifs is 3. The third-order valence-corrected chi connectivity index (χ3v) is 3.68. The first-order valence-electron chi connectivity index (χ1n) is 5.31. The van der Waals surface area contributed by atoms with Gasteiger partial charge in [-0.1, -0.05) is 23.5 Å². The number of carboxylic acid groups (broad SMARTS) is 1. The van der Waals surface area contributed by atoms with E-state index in [0.29, 0.717) is 6.42 Å². The Morgan fingerprint density at radius 3 is 3.06 bits per heavy atom. The summed E-state index contributed by atoms with van der Waals surface area (Å²) >= 11 is 1.62. The number of carboxylic acids is 1. The molecule has 5 heteroatoms. The van der Waals surface area contributed by atoms with Gasteiger partial charge < -0.3 is 5.11 Å². The molecule has 0 atom stereocenters. The van der Waals surface area contributed by atoms with Crippen molar-refractivity contribution >= 4 is 32.5 Å². The first kappa shape index (κ1) is 10.3. The molecule has 3 aromatic rings. The van der Waals surface area contributed by atoms with E-state index in [9.17, 15) is 4.79 Å². The van der Waals surface area contributed by atoms with Crippen molar-refractivity contribution in [2.75, 3.05) is 0 Å². The van der Waals surface area contributed by atoms with Gasteiger partial charge in [0, 0.05) is 12.6 Å². The summed E-state index contributed by atoms with van der Waals surface area (Å²) < 4.78 is 3.22. The Bertz CT molecular complexity index is 699. The second kappa shape index (κ2) is 3.85. The van der Waals surface area contributed by atoms with E-state index in [0.717, 1.165) is 16.2 Å². The highest BCUT2D eigenvalue weighted by molar-refractivity contribution is 7.23. The number of imidazole rings is 1. The topological polar surface area (TPSA) is 54.6 Å². The minimum absolute atomic E-state index is 0.128. The van der Waals surface area contributed by atoms with Crippen molar-refractivity contribution in [3.63, 3.8) is 0 Å². The average Bonchev–Trinajstić information content (AvgIpc) is 2.83. The zero-order valence-corrected chi connectivity index (χ0v) is 9.78. The number of hydrogen-bond acceptors (Lipinski definition) is 3. The summed E-state index contributed by atoms with van der Waals surface area (Å²) in [5, 5.41) is 8.64. The van der Waals surface area contributed by atoms with E-state index in [1.54, 1.807) is 11.3 Å². The lowest BCUT2D eigenvalue weighted by Gasteiger charge is -1.91. The second-order valence-corrected chi connectivity index (χ2v) is 4.86. The van der Waals surface area contributed by atoms with Crippen LogP contribution >= 0.6 is 11.3 Å². The number of hydrogen-bond donors (Lipinski definition) is 1. The van der Waals surface area contributed by atoms with Gasteiger partial charge in [0.25, 0.3) is 0 Å². The van der Waals surface area contributed by atoms with Crippen LogP contribution in [0.2, 0.25) is 0 Å². The minimum Gasteiger partial charge on any atom is -0.481 e. The number of carbonyl (C=O) groups is 1. The molecular formula is C12H10N2O2S. The summed E-state index contributed by atoms with van der Waals surface area (Å²) in [7, 11) is 0. The fraction of sp³-hybridized carbons (Fsp3) is 0.167. The largest absolute Gasteiger partial charge is 0.481 e. The van der Waals surface area contributed by atoms with Crippen LogP contribution in [-0.2, 0) is 11.2 Å². The van der Waals surface area contributed by atoms with Gasteiger partial charge in [-0.2, -0.15) is 0 Å². The summed E-state index contributed by atoms with van der Waals surface area (Å²) in [4.78, 5) is 15.9. The van der Waals surface area contributed by atoms with E-state index in [-0.39, 0.29) is 6.42 Å². The van der Waals surface area contributed by atoms with Gasteiger partial charge in [0.15, 0.2) is 4.96 Å². The number of thiazole rings is 1. The van der Waals surface area contributed by atoms with Crippen LogP contribution in [0, 0.1) is 0 Å². The SMILES string of the molecule is O=C(O)CCc1cn2c(n1)sc1ccccc12. The highest BCUT2D eigenvalue weighted by Crippen LogP contribution is 2.26. The molecule has 0 spiro atoms. The molecule has 0 saturated heterocycles. The van der Waals surface area contributed by atoms with Crippen LogP contribution in [-0.4, -0.2) is 20.5 Å². The molecule has 86 valence electrons. The molecular weight excluding hydrogens is 236 g/mol. The maximum atomic E-state index is 10.5. The number of para-hydroxylation sites is 1. The van der Waals surface area contributed by atoms with Gasteiger partial charge in [-0.3, -0.25) is 9.20 Å². The first-order valence-corrected chi connectivity index (χ1v) is 6.13. The van der Waals surface area contributed by atoms with Gasteiger partial charge in [-0.25, -0.2) is 4.98 Å². The lowest BCUT2D eigenvalue weighted by atomic mass is 10.2. The fourth-order valence-electron chi connectivity index (χ4n) is 1.85. The van der Waals surface area contributed by atoms with E-state index in [4.69, 9.17) is 5.11 Å². The highest BCUT2D eigenvalue weighted by Gasteiger charge is 2.09. The predicted molar refractivity (Wildman–Crippen MR) is 66.5 cm³/mol. The van der Waals surface area contributed by atoms with Crippen molar-refractivity contribution in [2.45, 2.75) is 12.8 Å². The highest BCUT2D eigenvalue weighted by atomic mass is 32.1. The number of benzene rings is 1. The quantitative estimate of drug-likeness (QED) is 0.772. The lowest BCUT2D eigenvalue weighted by Crippen LogP contribution is -1.97. The third-order valence-electron chi connectivity index (χ3n) is 2.64. The van der Waals surface area contributed by atoms with Crippen molar-refractivity contribution in [2.24, 2.45) is 0 Å². The molecule has 17 heavy (non-hydrogen) atoms. The Morgan fingerprint density at radius 1 is 1.41 bits per heavy atom. The summed E-state index contributed by atoms with van der Waals surface area (Å²) in [6.07, 6.45) is 2.54. The van der Waals surface area contributed by atoms with Crippen LogP contribution in [0.25, 0.3) is 15.2 Å². The fourth-order valence-corrected chi connectivity index (χ4v) is 2.88. The van der Waals surface area contributed by atoms with Crippen LogP contribution in [0.3, 0.4) is 0 Å². The van der Waals surface area contributed by atoms with Crippen molar-refractivity contribution in [1.29, 1.82) is 0 Å². The van der Waals surface area contributed by atoms with Crippen molar-refractivity contribution in [1.82, 2.24) is 9.38 Å². The molecule has 0 unspecified atom stereocenters. The molecule has 0 radical (unpaired) electrons. The molecule has 2 aromatic heterocycles. The zero-order chi connectivity index (χ0) is 11.8. The van der Waals surface area contributed by atoms with Gasteiger partial charge in [0.2, 0.25) is 0 Å². The van der Waals surface area contributed by atoms with Crippen LogP contribution in [0.15, 0.2) is 30.5 Å². The summed E-state index contributed by atoms with van der Waals surface area (Å²) in [6, 6.07) is 8.10. The minimum atomic E-state index is -0.786. The van der Waals surface area contributed by atoms with Gasteiger partial charge in [-0.05, 0) is 12.1 Å². The number of nitrogens with zero attached hydrogens (tertiary/aromatic N) is 2. The Labute approximate surface area is 101 Å². The van der Waals surface area contributed by atoms with Gasteiger partial charge in [-0.15, -0.1) is 0 Å². The smallest absolute Gasteiger partial charge is 0.303 e. The first-order chi connectivity index (χ1) is 8.24. The monoisotopic (exact) mass is 246 g/mol. The second-order valence-electron chi connectivity index (χ2n) is 3.85. The molecule has 0 fully saturated rings. The number of aromatic nitrogens is 2. The van der Waals surface area contributed by atoms with E-state index >= 15 is 0 Å². The lowest BCUT2D eigenvalue weighted by molar-refractivity contribution is -0.136. The molecule has 0 bridgehead atoms. The summed E-state index contributed by atoms with van der Waals surface area (Å²) in [6.45, 7) is 0. The molecule has 0 amide bonds. The standard InChI is InChI=1S/C12H10N2O2S/c15-11(16)6-5-8-7-14-9-3-1-2-4-10(9)17-12(14)13-8/h1-4,7H,5-6H2,(H,15,16). The van der Waals surface area contributed by atoms with Gasteiger partial charge >= 0.3 is 5.97 Å². The normalized spacial score (nSPS) is 11.3. The van der Waals surface area contributed by atoms with Crippen LogP contribution in [0.4, 0.5) is 0 Å². The Morgan fingerprint density at radius 2 is 2.24 bits per heavy atom. The van der Waals surface area contributed by atoms with Crippen molar-refractivity contribution < 1.29 is 9.90 Å². The van der Waals surface area contributed by atoms with E-state index in [2.05, 4.69) is 11.1 Å². The van der Waals surface area contributed by atoms with E-state index < -0.39 is 5.97 Å². The summed E-state index contributed by atoms with van der Waals surface area (Å²) in [5.74, 6) is -0.786. The molecule has 0 saturated carbocycles. The number of rotatable bonds is 3. The third kappa shape index (κ3) is 1.78. The van der Waals surface area contributed by atoms with Crippen molar-refractivity contribution in [3.8, 4) is 0 Å².